The third-order valence-electron chi connectivity index (χ3n) is 2.88. The van der Waals surface area contributed by atoms with E-state index in [0.717, 1.165) is 0 Å². The van der Waals surface area contributed by atoms with E-state index in [1.54, 1.807) is 42.5 Å². The molecule has 1 amide bonds. The number of rotatable bonds is 4. The molecule has 2 aromatic carbocycles. The van der Waals surface area contributed by atoms with Crippen LogP contribution in [0.4, 0.5) is 5.69 Å². The van der Waals surface area contributed by atoms with E-state index in [2.05, 4.69) is 5.32 Å². The highest BCUT2D eigenvalue weighted by Gasteiger charge is 2.14. The lowest BCUT2D eigenvalue weighted by Gasteiger charge is -2.09. The summed E-state index contributed by atoms with van der Waals surface area (Å²) in [4.78, 5) is 23.4. The van der Waals surface area contributed by atoms with Gasteiger partial charge >= 0.3 is 0 Å². The Hall–Kier alpha value is -2.33. The van der Waals surface area contributed by atoms with Gasteiger partial charge in [-0.2, -0.15) is 0 Å². The number of nitrogens with one attached hydrogen (secondary N) is 1. The predicted molar refractivity (Wildman–Crippen MR) is 82.2 cm³/mol. The van der Waals surface area contributed by atoms with Crippen LogP contribution in [0, 0.1) is 0 Å². The summed E-state index contributed by atoms with van der Waals surface area (Å²) in [6, 6.07) is 11.5. The number of benzene rings is 2. The topological polar surface area (TPSA) is 55.4 Å². The number of hydrogen-bond donors (Lipinski definition) is 1. The van der Waals surface area contributed by atoms with Gasteiger partial charge in [0, 0.05) is 23.2 Å². The average Bonchev–Trinajstić information content (AvgIpc) is 2.46. The van der Waals surface area contributed by atoms with Crippen LogP contribution >= 0.6 is 11.6 Å². The largest absolute Gasteiger partial charge is 0.496 e. The Balaban J connectivity index is 2.30. The van der Waals surface area contributed by atoms with Crippen molar-refractivity contribution in [3.63, 3.8) is 0 Å². The van der Waals surface area contributed by atoms with Gasteiger partial charge in [0.1, 0.15) is 5.75 Å². The lowest BCUT2D eigenvalue weighted by molar-refractivity contribution is -0.114. The Bertz CT molecular complexity index is 680. The molecule has 0 heterocycles. The molecule has 0 radical (unpaired) electrons. The number of ketones is 1. The second kappa shape index (κ2) is 6.41. The monoisotopic (exact) mass is 303 g/mol. The first-order valence-electron chi connectivity index (χ1n) is 6.27. The molecule has 108 valence electrons. The van der Waals surface area contributed by atoms with E-state index in [1.807, 2.05) is 0 Å². The average molecular weight is 304 g/mol. The first-order valence-corrected chi connectivity index (χ1v) is 6.65. The second-order valence-electron chi connectivity index (χ2n) is 4.43. The fourth-order valence-corrected chi connectivity index (χ4v) is 2.08. The molecule has 0 unspecified atom stereocenters. The van der Waals surface area contributed by atoms with Crippen LogP contribution in [0.3, 0.4) is 0 Å². The van der Waals surface area contributed by atoms with Crippen molar-refractivity contribution < 1.29 is 14.3 Å². The number of hydrogen-bond acceptors (Lipinski definition) is 3. The molecule has 1 N–H and O–H groups in total. The van der Waals surface area contributed by atoms with Crippen molar-refractivity contribution >= 4 is 29.0 Å². The van der Waals surface area contributed by atoms with Gasteiger partial charge in [-0.25, -0.2) is 0 Å². The van der Waals surface area contributed by atoms with E-state index in [9.17, 15) is 9.59 Å². The van der Waals surface area contributed by atoms with Gasteiger partial charge in [-0.15, -0.1) is 0 Å². The zero-order valence-electron chi connectivity index (χ0n) is 11.6. The summed E-state index contributed by atoms with van der Waals surface area (Å²) in [6.07, 6.45) is 0. The number of methoxy groups -OCH3 is 1. The van der Waals surface area contributed by atoms with Gasteiger partial charge in [-0.1, -0.05) is 11.6 Å². The van der Waals surface area contributed by atoms with Crippen LogP contribution in [0.2, 0.25) is 5.02 Å². The quantitative estimate of drug-likeness (QED) is 0.879. The minimum atomic E-state index is -0.169. The molecule has 0 saturated heterocycles. The fourth-order valence-electron chi connectivity index (χ4n) is 1.92. The number of amides is 1. The van der Waals surface area contributed by atoms with E-state index in [4.69, 9.17) is 16.3 Å². The van der Waals surface area contributed by atoms with Crippen LogP contribution in [-0.2, 0) is 4.79 Å². The Labute approximate surface area is 127 Å². The van der Waals surface area contributed by atoms with Crippen molar-refractivity contribution in [3.05, 3.63) is 58.6 Å². The third kappa shape index (κ3) is 3.61. The van der Waals surface area contributed by atoms with Crippen LogP contribution < -0.4 is 10.1 Å². The van der Waals surface area contributed by atoms with E-state index in [-0.39, 0.29) is 11.7 Å². The lowest BCUT2D eigenvalue weighted by atomic mass is 10.0. The molecule has 0 aromatic heterocycles. The van der Waals surface area contributed by atoms with Gasteiger partial charge in [-0.05, 0) is 42.5 Å². The molecular formula is C16H14ClNO3. The van der Waals surface area contributed by atoms with Crippen LogP contribution in [0.15, 0.2) is 42.5 Å². The summed E-state index contributed by atoms with van der Waals surface area (Å²) < 4.78 is 5.18. The number of carbonyl (C=O) groups is 2. The molecule has 2 aromatic rings. The van der Waals surface area contributed by atoms with Crippen molar-refractivity contribution in [2.24, 2.45) is 0 Å². The Morgan fingerprint density at radius 2 is 1.76 bits per heavy atom. The summed E-state index contributed by atoms with van der Waals surface area (Å²) in [5.74, 6) is 0.102. The van der Waals surface area contributed by atoms with Crippen molar-refractivity contribution in [2.45, 2.75) is 6.92 Å². The maximum Gasteiger partial charge on any atom is 0.221 e. The molecule has 2 rings (SSSR count). The Morgan fingerprint density at radius 1 is 1.10 bits per heavy atom. The number of carbonyl (C=O) groups excluding carboxylic acids is 2. The van der Waals surface area contributed by atoms with E-state index >= 15 is 0 Å². The highest BCUT2D eigenvalue weighted by Crippen LogP contribution is 2.25. The molecular weight excluding hydrogens is 290 g/mol. The SMILES string of the molecule is COc1cc(Cl)ccc1C(=O)c1ccc(NC(C)=O)cc1. The van der Waals surface area contributed by atoms with Crippen molar-refractivity contribution in [1.29, 1.82) is 0 Å². The minimum absolute atomic E-state index is 0.159. The van der Waals surface area contributed by atoms with Gasteiger partial charge in [0.2, 0.25) is 5.91 Å². The first-order chi connectivity index (χ1) is 10.0. The van der Waals surface area contributed by atoms with Gasteiger partial charge in [0.25, 0.3) is 0 Å². The highest BCUT2D eigenvalue weighted by atomic mass is 35.5. The molecule has 0 bridgehead atoms. The molecule has 4 nitrogen and oxygen atoms in total. The highest BCUT2D eigenvalue weighted by molar-refractivity contribution is 6.31. The smallest absolute Gasteiger partial charge is 0.221 e. The number of ether oxygens (including phenoxy) is 1. The summed E-state index contributed by atoms with van der Waals surface area (Å²) >= 11 is 5.88. The lowest BCUT2D eigenvalue weighted by Crippen LogP contribution is -2.07. The zero-order chi connectivity index (χ0) is 15.4. The normalized spacial score (nSPS) is 10.0. The predicted octanol–water partition coefficient (Wildman–Crippen LogP) is 3.54. The number of anilines is 1. The van der Waals surface area contributed by atoms with Gasteiger partial charge in [0.05, 0.1) is 12.7 Å². The van der Waals surface area contributed by atoms with Crippen molar-refractivity contribution in [3.8, 4) is 5.75 Å². The van der Waals surface area contributed by atoms with Gasteiger partial charge < -0.3 is 10.1 Å². The minimum Gasteiger partial charge on any atom is -0.496 e. The number of halogens is 1. The maximum absolute atomic E-state index is 12.5. The summed E-state index contributed by atoms with van der Waals surface area (Å²) in [7, 11) is 1.49. The fraction of sp³-hybridized carbons (Fsp3) is 0.125. The van der Waals surface area contributed by atoms with Crippen molar-refractivity contribution in [1.82, 2.24) is 0 Å². The molecule has 0 spiro atoms. The molecule has 0 aliphatic rings. The Kier molecular flexibility index (Phi) is 4.60. The third-order valence-corrected chi connectivity index (χ3v) is 3.11. The summed E-state index contributed by atoms with van der Waals surface area (Å²) in [6.45, 7) is 1.43. The molecule has 21 heavy (non-hydrogen) atoms. The standard InChI is InChI=1S/C16H14ClNO3/c1-10(19)18-13-6-3-11(4-7-13)16(20)14-8-5-12(17)9-15(14)21-2/h3-9H,1-2H3,(H,18,19). The molecule has 0 aliphatic heterocycles. The van der Waals surface area contributed by atoms with Gasteiger partial charge in [-0.3, -0.25) is 9.59 Å². The van der Waals surface area contributed by atoms with Crippen molar-refractivity contribution in [2.75, 3.05) is 12.4 Å². The maximum atomic E-state index is 12.5. The van der Waals surface area contributed by atoms with Crippen LogP contribution in [0.1, 0.15) is 22.8 Å². The summed E-state index contributed by atoms with van der Waals surface area (Å²) in [5.41, 5.74) is 1.58. The molecule has 0 fully saturated rings. The van der Waals surface area contributed by atoms with E-state index in [0.29, 0.717) is 27.6 Å². The van der Waals surface area contributed by atoms with E-state index in [1.165, 1.54) is 14.0 Å². The van der Waals surface area contributed by atoms with Crippen LogP contribution in [-0.4, -0.2) is 18.8 Å². The molecule has 0 atom stereocenters. The summed E-state index contributed by atoms with van der Waals surface area (Å²) in [5, 5.41) is 3.15. The first kappa shape index (κ1) is 15.1. The van der Waals surface area contributed by atoms with Crippen LogP contribution in [0.5, 0.6) is 5.75 Å². The van der Waals surface area contributed by atoms with Crippen LogP contribution in [0.25, 0.3) is 0 Å². The second-order valence-corrected chi connectivity index (χ2v) is 4.87. The molecule has 5 heteroatoms. The zero-order valence-corrected chi connectivity index (χ0v) is 12.4. The van der Waals surface area contributed by atoms with Gasteiger partial charge in [0.15, 0.2) is 5.78 Å². The molecule has 0 saturated carbocycles. The molecule has 0 aliphatic carbocycles. The van der Waals surface area contributed by atoms with E-state index < -0.39 is 0 Å². The Morgan fingerprint density at radius 3 is 2.33 bits per heavy atom.